The number of ketones is 2. The third-order valence-electron chi connectivity index (χ3n) is 17.4. The molecule has 0 spiro atoms. The second-order valence-electron chi connectivity index (χ2n) is 27.3. The summed E-state index contributed by atoms with van der Waals surface area (Å²) >= 11 is 0. The highest BCUT2D eigenvalue weighted by molar-refractivity contribution is 6.90. The number of aliphatic carboxylic acids is 8. The number of halogens is 1. The van der Waals surface area contributed by atoms with Gasteiger partial charge in [0.05, 0.1) is 37.4 Å². The van der Waals surface area contributed by atoms with Crippen LogP contribution in [0.15, 0.2) is 24.3 Å². The van der Waals surface area contributed by atoms with Gasteiger partial charge in [-0.3, -0.25) is 86.7 Å². The van der Waals surface area contributed by atoms with Gasteiger partial charge in [0.1, 0.15) is 17.9 Å². The molecule has 1 aliphatic rings. The summed E-state index contributed by atoms with van der Waals surface area (Å²) in [6, 6.07) is 3.05. The molecule has 1 aliphatic heterocycles. The first-order valence-corrected chi connectivity index (χ1v) is 35.4. The van der Waals surface area contributed by atoms with Gasteiger partial charge in [0.2, 0.25) is 17.7 Å². The van der Waals surface area contributed by atoms with Crippen LogP contribution in [-0.2, 0) is 62.3 Å². The molecule has 1 aromatic carbocycles. The molecule has 0 unspecified atom stereocenters. The molecule has 0 radical (unpaired) electrons. The fourth-order valence-corrected chi connectivity index (χ4v) is 16.7. The maximum atomic E-state index is 17.1. The molecule has 32 heteroatoms. The Kier molecular flexibility index (Phi) is 38.3. The summed E-state index contributed by atoms with van der Waals surface area (Å²) in [5, 5.41) is 87.3. The molecule has 30 nitrogen and oxygen atoms in total. The van der Waals surface area contributed by atoms with Crippen molar-refractivity contribution >= 4 is 96.5 Å². The van der Waals surface area contributed by atoms with Gasteiger partial charge in [0.15, 0.2) is 5.78 Å². The van der Waals surface area contributed by atoms with Crippen LogP contribution in [0.2, 0.25) is 10.1 Å². The number of nitrogens with zero attached hydrogens (tertiary/aromatic N) is 4. The van der Waals surface area contributed by atoms with E-state index in [1.165, 1.54) is 26.8 Å². The molecule has 1 fully saturated rings. The summed E-state index contributed by atoms with van der Waals surface area (Å²) in [5.74, 6) is -17.0. The zero-order valence-corrected chi connectivity index (χ0v) is 58.5. The molecule has 552 valence electrons. The second-order valence-corrected chi connectivity index (χ2v) is 32.2. The number of unbranched alkanes of at least 4 members (excludes halogenated alkanes) is 5. The van der Waals surface area contributed by atoms with Gasteiger partial charge >= 0.3 is 47.8 Å². The van der Waals surface area contributed by atoms with Crippen LogP contribution in [0.3, 0.4) is 0 Å². The van der Waals surface area contributed by atoms with Gasteiger partial charge in [-0.2, -0.15) is 0 Å². The topological polar surface area (TPSA) is 462 Å². The van der Waals surface area contributed by atoms with E-state index in [4.69, 9.17) is 5.11 Å². The summed E-state index contributed by atoms with van der Waals surface area (Å²) in [4.78, 5) is 180. The molecule has 0 aromatic heterocycles. The smallest absolute Gasteiger partial charge is 0.320 e. The Hall–Kier alpha value is -7.81. The number of hydrogen-bond donors (Lipinski definition) is 12. The second kappa shape index (κ2) is 43.6. The van der Waals surface area contributed by atoms with Crippen LogP contribution in [0, 0.1) is 17.8 Å². The first kappa shape index (κ1) is 86.3. The van der Waals surface area contributed by atoms with E-state index in [-0.39, 0.29) is 128 Å². The quantitative estimate of drug-likeness (QED) is 0.0252. The van der Waals surface area contributed by atoms with Crippen LogP contribution in [0.1, 0.15) is 174 Å². The molecule has 0 aliphatic carbocycles. The van der Waals surface area contributed by atoms with Crippen molar-refractivity contribution in [3.8, 4) is 0 Å². The fourth-order valence-electron chi connectivity index (χ4n) is 12.1. The molecule has 1 saturated heterocycles. The van der Waals surface area contributed by atoms with Gasteiger partial charge in [-0.15, -0.1) is 0 Å². The Labute approximate surface area is 572 Å². The lowest BCUT2D eigenvalue weighted by atomic mass is 9.90. The van der Waals surface area contributed by atoms with Crippen molar-refractivity contribution in [2.24, 2.45) is 17.8 Å². The Morgan fingerprint density at radius 2 is 0.857 bits per heavy atom. The van der Waals surface area contributed by atoms with Crippen LogP contribution in [0.5, 0.6) is 0 Å². The highest BCUT2D eigenvalue weighted by Crippen LogP contribution is 2.51. The van der Waals surface area contributed by atoms with E-state index >= 15 is 4.11 Å². The normalized spacial score (nSPS) is 15.7. The van der Waals surface area contributed by atoms with E-state index < -0.39 is 178 Å². The average Bonchev–Trinajstić information content (AvgIpc) is 0.749. The fraction of sp³-hybridized carbons (Fsp3) is 0.697. The SMILES string of the molecule is CC(C)(C)[Si](F)(c1ccc(C(=O)NC[C@@H](NC(=O)CC[C@@H](C(=O)O)N2CCN(CC(=O)O)CCN(CC(=O)O)CCN(CC(=O)O)CC2)C(=O)C[C@H](CCCCNC(=O)CCCCCCC(=O)NCCCC[C@H](CC(=O)C[C@@H](CCC(=O)O)C(=O)O)C(=O)O)C(=O)O)cc1)C(C)(C)C. The van der Waals surface area contributed by atoms with Crippen molar-refractivity contribution in [2.45, 2.75) is 186 Å². The lowest BCUT2D eigenvalue weighted by Gasteiger charge is -2.44. The predicted octanol–water partition coefficient (Wildman–Crippen LogP) is 3.52. The van der Waals surface area contributed by atoms with Crippen molar-refractivity contribution in [1.82, 2.24) is 40.9 Å². The monoisotopic (exact) mass is 1410 g/mol. The zero-order valence-electron chi connectivity index (χ0n) is 57.5. The molecule has 0 bridgehead atoms. The van der Waals surface area contributed by atoms with E-state index in [0.717, 1.165) is 0 Å². The number of nitrogens with one attached hydrogen (secondary N) is 4. The molecular formula is C66H105FN8O22Si. The van der Waals surface area contributed by atoms with Crippen molar-refractivity contribution in [3.05, 3.63) is 29.8 Å². The van der Waals surface area contributed by atoms with Gasteiger partial charge in [-0.1, -0.05) is 79.4 Å². The van der Waals surface area contributed by atoms with Crippen molar-refractivity contribution in [2.75, 3.05) is 91.6 Å². The number of carboxylic acids is 8. The summed E-state index contributed by atoms with van der Waals surface area (Å²) in [7, 11) is -3.73. The van der Waals surface area contributed by atoms with Crippen LogP contribution in [0.25, 0.3) is 0 Å². The molecule has 1 aromatic rings. The van der Waals surface area contributed by atoms with Gasteiger partial charge in [-0.25, -0.2) is 0 Å². The number of Topliss-reactive ketones (excluding diaryl/α,β-unsaturated/α-hetero) is 2. The lowest BCUT2D eigenvalue weighted by molar-refractivity contribution is -0.146. The van der Waals surface area contributed by atoms with Gasteiger partial charge in [0, 0.05) is 123 Å². The molecular weight excluding hydrogens is 1300 g/mol. The zero-order chi connectivity index (χ0) is 73.9. The Bertz CT molecular complexity index is 2810. The minimum absolute atomic E-state index is 0.0198. The number of benzene rings is 1. The van der Waals surface area contributed by atoms with E-state index in [0.29, 0.717) is 50.1 Å². The van der Waals surface area contributed by atoms with E-state index in [1.807, 2.05) is 41.5 Å². The molecule has 12 N–H and O–H groups in total. The number of amides is 4. The summed E-state index contributed by atoms with van der Waals surface area (Å²) < 4.78 is 17.1. The summed E-state index contributed by atoms with van der Waals surface area (Å²) in [6.45, 7) is 9.63. The first-order valence-electron chi connectivity index (χ1n) is 33.5. The van der Waals surface area contributed by atoms with Gasteiger partial charge in [0.25, 0.3) is 14.3 Å². The minimum atomic E-state index is -3.73. The number of carbonyl (C=O) groups excluding carboxylic acids is 6. The highest BCUT2D eigenvalue weighted by Gasteiger charge is 2.56. The molecule has 0 saturated carbocycles. The summed E-state index contributed by atoms with van der Waals surface area (Å²) in [6.07, 6.45) is 1.12. The van der Waals surface area contributed by atoms with Crippen LogP contribution in [-0.4, -0.2) is 256 Å². The molecule has 5 atom stereocenters. The van der Waals surface area contributed by atoms with Gasteiger partial charge in [-0.05, 0) is 78.8 Å². The maximum Gasteiger partial charge on any atom is 0.320 e. The predicted molar refractivity (Wildman–Crippen MR) is 357 cm³/mol. The van der Waals surface area contributed by atoms with E-state index in [1.54, 1.807) is 17.0 Å². The van der Waals surface area contributed by atoms with Crippen molar-refractivity contribution in [1.29, 1.82) is 0 Å². The van der Waals surface area contributed by atoms with Crippen LogP contribution >= 0.6 is 0 Å². The van der Waals surface area contributed by atoms with E-state index in [9.17, 15) is 103 Å². The average molecular weight is 1410 g/mol. The number of hydrogen-bond acceptors (Lipinski definition) is 18. The molecule has 2 rings (SSSR count). The molecule has 4 amide bonds. The largest absolute Gasteiger partial charge is 0.481 e. The Morgan fingerprint density at radius 3 is 1.24 bits per heavy atom. The standard InChI is InChI=1S/C66H105FN8O22Si/c1-65(2,3)98(67,66(4,5)6)49-22-19-44(20-23-49)60(89)70-40-50(71-55(80)25-24-51(64(96)97)75-35-33-73(42-58(85)86)31-29-72(41-57(83)84)30-32-74(34-36-75)43-59(87)88)52(77)39-46(62(92)93)16-12-14-28-69-54(79)18-10-8-7-9-17-53(78)68-27-13-11-15-45(61(90)91)37-48(76)38-47(63(94)95)21-26-56(81)82/h19-20,22-23,45-47,50-51H,7-18,21,24-43H2,1-6H3,(H,68,78)(H,69,79)(H,70,89)(H,71,80)(H,81,82)(H,83,84)(H,85,86)(H,87,88)(H,90,91)(H,92,93)(H,94,95)(H,96,97)/t45-,46+,47-,50-,51+/m1/s1. The maximum absolute atomic E-state index is 17.1. The molecule has 98 heavy (non-hydrogen) atoms. The number of carboxylic acid groups (broad SMARTS) is 8. The first-order chi connectivity index (χ1) is 45.8. The third kappa shape index (κ3) is 33.2. The van der Waals surface area contributed by atoms with Crippen molar-refractivity contribution < 1.29 is 112 Å². The van der Waals surface area contributed by atoms with Crippen molar-refractivity contribution in [3.63, 3.8) is 0 Å². The van der Waals surface area contributed by atoms with Crippen LogP contribution in [0.4, 0.5) is 4.11 Å². The number of carbonyl (C=O) groups is 14. The third-order valence-corrected chi connectivity index (χ3v) is 22.7. The molecule has 1 heterocycles. The minimum Gasteiger partial charge on any atom is -0.481 e. The van der Waals surface area contributed by atoms with E-state index in [2.05, 4.69) is 21.3 Å². The number of rotatable bonds is 46. The lowest BCUT2D eigenvalue weighted by Crippen LogP contribution is -2.57. The highest BCUT2D eigenvalue weighted by atomic mass is 28.4. The summed E-state index contributed by atoms with van der Waals surface area (Å²) in [5.41, 5.74) is 0.0947. The van der Waals surface area contributed by atoms with Crippen LogP contribution < -0.4 is 26.5 Å². The Morgan fingerprint density at radius 1 is 0.449 bits per heavy atom. The van der Waals surface area contributed by atoms with Gasteiger partial charge < -0.3 is 66.2 Å². The Balaban J connectivity index is 2.09.